The summed E-state index contributed by atoms with van der Waals surface area (Å²) < 4.78 is 0. The van der Waals surface area contributed by atoms with E-state index in [4.69, 9.17) is 0 Å². The highest BCUT2D eigenvalue weighted by Crippen LogP contribution is 2.01. The van der Waals surface area contributed by atoms with E-state index < -0.39 is 0 Å². The molecule has 0 saturated heterocycles. The Balaban J connectivity index is 2.25. The minimum Gasteiger partial charge on any atom is -0.356 e. The van der Waals surface area contributed by atoms with Gasteiger partial charge >= 0.3 is 0 Å². The number of carbonyl (C=O) groups excluding carboxylic acids is 2. The lowest BCUT2D eigenvalue weighted by Crippen LogP contribution is -2.31. The van der Waals surface area contributed by atoms with Crippen LogP contribution in [0.5, 0.6) is 0 Å². The average Bonchev–Trinajstić information content (AvgIpc) is 2.72. The van der Waals surface area contributed by atoms with Crippen LogP contribution in [0.15, 0.2) is 6.20 Å². The van der Waals surface area contributed by atoms with Crippen molar-refractivity contribution in [2.75, 3.05) is 13.1 Å². The molecule has 1 aromatic rings. The number of nitrogens with one attached hydrogen (secondary N) is 3. The number of nitrogens with zero attached hydrogens (tertiary/aromatic N) is 1. The molecule has 1 rings (SSSR count). The van der Waals surface area contributed by atoms with Gasteiger partial charge in [-0.3, -0.25) is 14.7 Å². The van der Waals surface area contributed by atoms with E-state index in [2.05, 4.69) is 20.8 Å². The third kappa shape index (κ3) is 4.26. The summed E-state index contributed by atoms with van der Waals surface area (Å²) in [6, 6.07) is 0. The van der Waals surface area contributed by atoms with Crippen molar-refractivity contribution in [2.45, 2.75) is 26.7 Å². The van der Waals surface area contributed by atoms with E-state index in [0.29, 0.717) is 25.1 Å². The lowest BCUT2D eigenvalue weighted by molar-refractivity contribution is -0.120. The molecule has 0 saturated carbocycles. The quantitative estimate of drug-likeness (QED) is 0.669. The predicted octanol–water partition coefficient (Wildman–Crippen LogP) is 0.364. The van der Waals surface area contributed by atoms with Crippen LogP contribution in [0, 0.1) is 6.92 Å². The van der Waals surface area contributed by atoms with Gasteiger partial charge in [0, 0.05) is 25.2 Å². The summed E-state index contributed by atoms with van der Waals surface area (Å²) in [6.07, 6.45) is 2.68. The van der Waals surface area contributed by atoms with Crippen molar-refractivity contribution in [2.24, 2.45) is 0 Å². The van der Waals surface area contributed by atoms with Crippen molar-refractivity contribution in [1.29, 1.82) is 0 Å². The molecule has 0 aromatic carbocycles. The molecule has 6 heteroatoms. The van der Waals surface area contributed by atoms with Crippen LogP contribution in [-0.4, -0.2) is 35.1 Å². The lowest BCUT2D eigenvalue weighted by Gasteiger charge is -2.05. The molecule has 0 atom stereocenters. The minimum atomic E-state index is -0.209. The molecular weight excluding hydrogens is 220 g/mol. The molecule has 1 heterocycles. The molecule has 0 aliphatic carbocycles. The van der Waals surface area contributed by atoms with Gasteiger partial charge in [0.1, 0.15) is 0 Å². The first-order valence-corrected chi connectivity index (χ1v) is 5.70. The highest BCUT2D eigenvalue weighted by molar-refractivity contribution is 5.95. The normalized spacial score (nSPS) is 10.0. The van der Waals surface area contributed by atoms with Gasteiger partial charge in [-0.15, -0.1) is 0 Å². The van der Waals surface area contributed by atoms with Crippen LogP contribution < -0.4 is 10.6 Å². The number of rotatable bonds is 6. The van der Waals surface area contributed by atoms with Crippen LogP contribution in [0.4, 0.5) is 0 Å². The molecule has 94 valence electrons. The average molecular weight is 238 g/mol. The van der Waals surface area contributed by atoms with Crippen LogP contribution in [0.1, 0.15) is 35.8 Å². The standard InChI is InChI=1S/C11H18N4O2/c1-3-5-12-10(16)4-6-13-11(17)9-7-14-15-8(9)2/h7H,3-6H2,1-2H3,(H,12,16)(H,13,17)(H,14,15). The third-order valence-corrected chi connectivity index (χ3v) is 2.28. The molecular formula is C11H18N4O2. The summed E-state index contributed by atoms with van der Waals surface area (Å²) in [5.41, 5.74) is 1.23. The summed E-state index contributed by atoms with van der Waals surface area (Å²) in [5, 5.41) is 11.9. The van der Waals surface area contributed by atoms with Crippen LogP contribution in [0.25, 0.3) is 0 Å². The number of hydrogen-bond donors (Lipinski definition) is 3. The van der Waals surface area contributed by atoms with Crippen molar-refractivity contribution in [3.05, 3.63) is 17.5 Å². The maximum atomic E-state index is 11.6. The number of aromatic amines is 1. The zero-order chi connectivity index (χ0) is 12.7. The third-order valence-electron chi connectivity index (χ3n) is 2.28. The first kappa shape index (κ1) is 13.2. The molecule has 3 N–H and O–H groups in total. The summed E-state index contributed by atoms with van der Waals surface area (Å²) in [4.78, 5) is 22.9. The molecule has 0 aliphatic heterocycles. The zero-order valence-corrected chi connectivity index (χ0v) is 10.2. The molecule has 0 aliphatic rings. The second-order valence-corrected chi connectivity index (χ2v) is 3.76. The topological polar surface area (TPSA) is 86.9 Å². The van der Waals surface area contributed by atoms with E-state index in [0.717, 1.165) is 12.1 Å². The summed E-state index contributed by atoms with van der Waals surface area (Å²) in [5.74, 6) is -0.254. The number of aromatic nitrogens is 2. The maximum Gasteiger partial charge on any atom is 0.254 e. The molecule has 2 amide bonds. The van der Waals surface area contributed by atoms with Crippen LogP contribution >= 0.6 is 0 Å². The molecule has 0 radical (unpaired) electrons. The number of H-pyrrole nitrogens is 1. The van der Waals surface area contributed by atoms with E-state index in [1.807, 2.05) is 6.92 Å². The second kappa shape index (κ2) is 6.67. The van der Waals surface area contributed by atoms with Gasteiger partial charge in [-0.25, -0.2) is 0 Å². The Labute approximate surface area is 100 Å². The van der Waals surface area contributed by atoms with E-state index in [1.165, 1.54) is 6.20 Å². The Morgan fingerprint density at radius 2 is 2.12 bits per heavy atom. The Kier molecular flexibility index (Phi) is 5.19. The van der Waals surface area contributed by atoms with Gasteiger partial charge in [0.05, 0.1) is 11.8 Å². The maximum absolute atomic E-state index is 11.6. The summed E-state index contributed by atoms with van der Waals surface area (Å²) in [6.45, 7) is 4.77. The van der Waals surface area contributed by atoms with Gasteiger partial charge in [-0.1, -0.05) is 6.92 Å². The molecule has 1 aromatic heterocycles. The van der Waals surface area contributed by atoms with E-state index >= 15 is 0 Å². The molecule has 0 spiro atoms. The van der Waals surface area contributed by atoms with E-state index in [9.17, 15) is 9.59 Å². The van der Waals surface area contributed by atoms with Gasteiger partial charge in [0.2, 0.25) is 5.91 Å². The van der Waals surface area contributed by atoms with Crippen molar-refractivity contribution in [3.63, 3.8) is 0 Å². The van der Waals surface area contributed by atoms with Crippen molar-refractivity contribution < 1.29 is 9.59 Å². The zero-order valence-electron chi connectivity index (χ0n) is 10.2. The Hall–Kier alpha value is -1.85. The fourth-order valence-corrected chi connectivity index (χ4v) is 1.32. The SMILES string of the molecule is CCCNC(=O)CCNC(=O)c1cn[nH]c1C. The minimum absolute atomic E-state index is 0.0453. The second-order valence-electron chi connectivity index (χ2n) is 3.76. The Morgan fingerprint density at radius 1 is 1.35 bits per heavy atom. The van der Waals surface area contributed by atoms with Crippen LogP contribution in [0.3, 0.4) is 0 Å². The Morgan fingerprint density at radius 3 is 2.71 bits per heavy atom. The summed E-state index contributed by atoms with van der Waals surface area (Å²) in [7, 11) is 0. The first-order chi connectivity index (χ1) is 8.15. The Bertz CT molecular complexity index is 387. The van der Waals surface area contributed by atoms with E-state index in [1.54, 1.807) is 6.92 Å². The number of aryl methyl sites for hydroxylation is 1. The monoisotopic (exact) mass is 238 g/mol. The lowest BCUT2D eigenvalue weighted by atomic mass is 10.2. The first-order valence-electron chi connectivity index (χ1n) is 5.70. The van der Waals surface area contributed by atoms with Gasteiger partial charge in [0.25, 0.3) is 5.91 Å². The van der Waals surface area contributed by atoms with Crippen LogP contribution in [-0.2, 0) is 4.79 Å². The van der Waals surface area contributed by atoms with Gasteiger partial charge in [0.15, 0.2) is 0 Å². The van der Waals surface area contributed by atoms with Crippen molar-refractivity contribution >= 4 is 11.8 Å². The van der Waals surface area contributed by atoms with Gasteiger partial charge < -0.3 is 10.6 Å². The highest BCUT2D eigenvalue weighted by Gasteiger charge is 2.10. The predicted molar refractivity (Wildman–Crippen MR) is 63.6 cm³/mol. The number of amides is 2. The molecule has 6 nitrogen and oxygen atoms in total. The molecule has 0 unspecified atom stereocenters. The van der Waals surface area contributed by atoms with Crippen LogP contribution in [0.2, 0.25) is 0 Å². The fraction of sp³-hybridized carbons (Fsp3) is 0.545. The van der Waals surface area contributed by atoms with Gasteiger partial charge in [-0.05, 0) is 13.3 Å². The number of carbonyl (C=O) groups is 2. The summed E-state index contributed by atoms with van der Waals surface area (Å²) >= 11 is 0. The van der Waals surface area contributed by atoms with E-state index in [-0.39, 0.29) is 11.8 Å². The highest BCUT2D eigenvalue weighted by atomic mass is 16.2. The molecule has 17 heavy (non-hydrogen) atoms. The smallest absolute Gasteiger partial charge is 0.254 e. The molecule has 0 bridgehead atoms. The molecule has 0 fully saturated rings. The number of hydrogen-bond acceptors (Lipinski definition) is 3. The van der Waals surface area contributed by atoms with Gasteiger partial charge in [-0.2, -0.15) is 5.10 Å². The largest absolute Gasteiger partial charge is 0.356 e. The fourth-order valence-electron chi connectivity index (χ4n) is 1.32. The van der Waals surface area contributed by atoms with Crippen molar-refractivity contribution in [1.82, 2.24) is 20.8 Å². The van der Waals surface area contributed by atoms with Crippen molar-refractivity contribution in [3.8, 4) is 0 Å².